The van der Waals surface area contributed by atoms with E-state index >= 15 is 0 Å². The maximum absolute atomic E-state index is 12.5. The Kier molecular flexibility index (Phi) is 3.94. The molecule has 0 saturated heterocycles. The molecule has 0 fully saturated rings. The van der Waals surface area contributed by atoms with Crippen molar-refractivity contribution in [2.75, 3.05) is 5.32 Å². The zero-order valence-electron chi connectivity index (χ0n) is 14.1. The van der Waals surface area contributed by atoms with Gasteiger partial charge >= 0.3 is 0 Å². The second-order valence-electron chi connectivity index (χ2n) is 5.86. The van der Waals surface area contributed by atoms with Gasteiger partial charge in [0.25, 0.3) is 5.91 Å². The van der Waals surface area contributed by atoms with Gasteiger partial charge in [-0.1, -0.05) is 6.07 Å². The van der Waals surface area contributed by atoms with E-state index in [1.165, 1.54) is 0 Å². The lowest BCUT2D eigenvalue weighted by molar-refractivity contribution is 0.102. The largest absolute Gasteiger partial charge is 0.324 e. The number of amides is 1. The van der Waals surface area contributed by atoms with Crippen LogP contribution in [0.3, 0.4) is 0 Å². The fourth-order valence-corrected chi connectivity index (χ4v) is 2.67. The molecule has 4 aromatic rings. The van der Waals surface area contributed by atoms with Crippen molar-refractivity contribution in [1.82, 2.24) is 24.6 Å². The van der Waals surface area contributed by atoms with Crippen LogP contribution in [0.25, 0.3) is 17.0 Å². The highest BCUT2D eigenvalue weighted by Crippen LogP contribution is 2.18. The molecule has 1 aromatic carbocycles. The average molecular weight is 347 g/mol. The van der Waals surface area contributed by atoms with E-state index in [9.17, 15) is 4.79 Å². The Morgan fingerprint density at radius 1 is 1.19 bits per heavy atom. The van der Waals surface area contributed by atoms with E-state index in [1.54, 1.807) is 18.3 Å². The summed E-state index contributed by atoms with van der Waals surface area (Å²) in [5.74, 6) is 0.933. The van der Waals surface area contributed by atoms with Crippen LogP contribution in [0.5, 0.6) is 0 Å². The summed E-state index contributed by atoms with van der Waals surface area (Å²) in [6.45, 7) is 2.27. The molecule has 1 amide bonds. The Balaban J connectivity index is 1.52. The molecule has 130 valence electrons. The average Bonchev–Trinajstić information content (AvgIpc) is 3.30. The van der Waals surface area contributed by atoms with E-state index in [1.807, 2.05) is 41.7 Å². The van der Waals surface area contributed by atoms with Gasteiger partial charge in [-0.15, -0.1) is 0 Å². The SMILES string of the molecule is Cc1cccc2nc(C(=O)Nc3ccc(-c4n[nH]c(CN)n4)cc3)cn12. The minimum absolute atomic E-state index is 0.260. The summed E-state index contributed by atoms with van der Waals surface area (Å²) >= 11 is 0. The number of benzene rings is 1. The first kappa shape index (κ1) is 16.0. The summed E-state index contributed by atoms with van der Waals surface area (Å²) in [5, 5.41) is 9.74. The fraction of sp³-hybridized carbons (Fsp3) is 0.111. The lowest BCUT2D eigenvalue weighted by Crippen LogP contribution is -2.12. The second-order valence-corrected chi connectivity index (χ2v) is 5.86. The van der Waals surface area contributed by atoms with Crippen LogP contribution in [0.15, 0.2) is 48.7 Å². The standard InChI is InChI=1S/C18H17N7O/c1-11-3-2-4-16-21-14(10-25(11)16)18(26)20-13-7-5-12(6-8-13)17-22-15(9-19)23-24-17/h2-8,10H,9,19H2,1H3,(H,20,26)(H,22,23,24). The van der Waals surface area contributed by atoms with Crippen molar-refractivity contribution in [3.63, 3.8) is 0 Å². The normalized spacial score (nSPS) is 11.0. The van der Waals surface area contributed by atoms with E-state index in [0.29, 0.717) is 29.6 Å². The molecule has 0 aliphatic heterocycles. The number of pyridine rings is 1. The monoisotopic (exact) mass is 347 g/mol. The topological polar surface area (TPSA) is 114 Å². The Labute approximate surface area is 149 Å². The molecule has 0 aliphatic rings. The Morgan fingerprint density at radius 2 is 2.00 bits per heavy atom. The minimum Gasteiger partial charge on any atom is -0.324 e. The molecule has 0 atom stereocenters. The molecule has 0 spiro atoms. The van der Waals surface area contributed by atoms with Crippen molar-refractivity contribution >= 4 is 17.2 Å². The Bertz CT molecular complexity index is 1080. The van der Waals surface area contributed by atoms with Crippen LogP contribution in [0.1, 0.15) is 22.0 Å². The van der Waals surface area contributed by atoms with Gasteiger partial charge in [0.1, 0.15) is 17.2 Å². The first-order valence-corrected chi connectivity index (χ1v) is 8.12. The van der Waals surface area contributed by atoms with Gasteiger partial charge in [-0.2, -0.15) is 5.10 Å². The Hall–Kier alpha value is -3.52. The van der Waals surface area contributed by atoms with Crippen LogP contribution in [0.2, 0.25) is 0 Å². The number of carbonyl (C=O) groups is 1. The number of nitrogens with one attached hydrogen (secondary N) is 2. The van der Waals surface area contributed by atoms with E-state index in [2.05, 4.69) is 25.5 Å². The lowest BCUT2D eigenvalue weighted by Gasteiger charge is -2.03. The molecular weight excluding hydrogens is 330 g/mol. The molecule has 0 radical (unpaired) electrons. The van der Waals surface area contributed by atoms with Gasteiger partial charge in [0, 0.05) is 23.1 Å². The Morgan fingerprint density at radius 3 is 2.69 bits per heavy atom. The fourth-order valence-electron chi connectivity index (χ4n) is 2.67. The molecule has 3 heterocycles. The van der Waals surface area contributed by atoms with Gasteiger partial charge in [-0.25, -0.2) is 9.97 Å². The molecule has 0 bridgehead atoms. The van der Waals surface area contributed by atoms with Crippen LogP contribution >= 0.6 is 0 Å². The predicted molar refractivity (Wildman–Crippen MR) is 97.6 cm³/mol. The smallest absolute Gasteiger partial charge is 0.275 e. The number of fused-ring (bicyclic) bond motifs is 1. The van der Waals surface area contributed by atoms with Gasteiger partial charge in [0.2, 0.25) is 0 Å². The highest BCUT2D eigenvalue weighted by atomic mass is 16.1. The molecule has 26 heavy (non-hydrogen) atoms. The number of H-pyrrole nitrogens is 1. The molecule has 3 aromatic heterocycles. The van der Waals surface area contributed by atoms with Crippen LogP contribution in [0.4, 0.5) is 5.69 Å². The van der Waals surface area contributed by atoms with Crippen LogP contribution in [-0.4, -0.2) is 30.5 Å². The summed E-state index contributed by atoms with van der Waals surface area (Å²) in [4.78, 5) is 21.1. The van der Waals surface area contributed by atoms with Crippen molar-refractivity contribution in [2.24, 2.45) is 5.73 Å². The third-order valence-electron chi connectivity index (χ3n) is 4.05. The molecule has 0 saturated carbocycles. The van der Waals surface area contributed by atoms with E-state index in [4.69, 9.17) is 5.73 Å². The number of imidazole rings is 1. The van der Waals surface area contributed by atoms with Gasteiger partial charge in [0.05, 0.1) is 6.54 Å². The highest BCUT2D eigenvalue weighted by molar-refractivity contribution is 6.03. The van der Waals surface area contributed by atoms with Crippen molar-refractivity contribution in [3.8, 4) is 11.4 Å². The highest BCUT2D eigenvalue weighted by Gasteiger charge is 2.12. The number of aromatic nitrogens is 5. The van der Waals surface area contributed by atoms with Crippen molar-refractivity contribution in [1.29, 1.82) is 0 Å². The summed E-state index contributed by atoms with van der Waals surface area (Å²) in [6, 6.07) is 13.0. The first-order chi connectivity index (χ1) is 12.6. The number of hydrogen-bond donors (Lipinski definition) is 3. The number of rotatable bonds is 4. The van der Waals surface area contributed by atoms with Crippen molar-refractivity contribution in [3.05, 3.63) is 65.9 Å². The van der Waals surface area contributed by atoms with Crippen LogP contribution < -0.4 is 11.1 Å². The zero-order chi connectivity index (χ0) is 18.1. The maximum atomic E-state index is 12.5. The van der Waals surface area contributed by atoms with Crippen molar-refractivity contribution < 1.29 is 4.79 Å². The lowest BCUT2D eigenvalue weighted by atomic mass is 10.2. The zero-order valence-corrected chi connectivity index (χ0v) is 14.1. The first-order valence-electron chi connectivity index (χ1n) is 8.12. The van der Waals surface area contributed by atoms with Gasteiger partial charge in [-0.3, -0.25) is 9.89 Å². The van der Waals surface area contributed by atoms with Crippen LogP contribution in [0, 0.1) is 6.92 Å². The number of anilines is 1. The molecule has 4 rings (SSSR count). The molecule has 8 heteroatoms. The number of nitrogens with zero attached hydrogens (tertiary/aromatic N) is 4. The number of aromatic amines is 1. The van der Waals surface area contributed by atoms with Crippen LogP contribution in [-0.2, 0) is 6.54 Å². The second kappa shape index (κ2) is 6.41. The maximum Gasteiger partial charge on any atom is 0.275 e. The summed E-state index contributed by atoms with van der Waals surface area (Å²) in [5.41, 5.74) is 9.15. The quantitative estimate of drug-likeness (QED) is 0.523. The van der Waals surface area contributed by atoms with E-state index < -0.39 is 0 Å². The third kappa shape index (κ3) is 2.93. The number of carbonyl (C=O) groups excluding carboxylic acids is 1. The van der Waals surface area contributed by atoms with E-state index in [0.717, 1.165) is 16.9 Å². The molecule has 0 unspecified atom stereocenters. The summed E-state index contributed by atoms with van der Waals surface area (Å²) in [6.07, 6.45) is 1.73. The molecule has 4 N–H and O–H groups in total. The molecule has 0 aliphatic carbocycles. The van der Waals surface area contributed by atoms with Gasteiger partial charge in [-0.05, 0) is 43.3 Å². The number of nitrogens with two attached hydrogens (primary N) is 1. The predicted octanol–water partition coefficient (Wildman–Crippen LogP) is 2.14. The van der Waals surface area contributed by atoms with Crippen molar-refractivity contribution in [2.45, 2.75) is 13.5 Å². The van der Waals surface area contributed by atoms with E-state index in [-0.39, 0.29) is 5.91 Å². The molecule has 8 nitrogen and oxygen atoms in total. The minimum atomic E-state index is -0.260. The third-order valence-corrected chi connectivity index (χ3v) is 4.05. The number of aryl methyl sites for hydroxylation is 1. The molecular formula is C18H17N7O. The summed E-state index contributed by atoms with van der Waals surface area (Å²) in [7, 11) is 0. The summed E-state index contributed by atoms with van der Waals surface area (Å²) < 4.78 is 1.89. The van der Waals surface area contributed by atoms with Gasteiger partial charge in [0.15, 0.2) is 5.82 Å². The van der Waals surface area contributed by atoms with Gasteiger partial charge < -0.3 is 15.5 Å². The number of hydrogen-bond acceptors (Lipinski definition) is 5.